The SMILES string of the molecule is CC(C)N(C)C(=O)[C@H]1CC[C@H](NC(=O)c2cc3cc(Cl)ccc3[nH]2)[C@H](NC(=O)c2nc3c(s2)CN(C)CC3)C1.Cl. The molecule has 1 aliphatic heterocycles. The van der Waals surface area contributed by atoms with Crippen LogP contribution in [0.2, 0.25) is 5.02 Å². The summed E-state index contributed by atoms with van der Waals surface area (Å²) in [6.45, 7) is 5.67. The number of thiazole rings is 1. The Kier molecular flexibility index (Phi) is 9.44. The Balaban J connectivity index is 0.00000370. The van der Waals surface area contributed by atoms with Crippen molar-refractivity contribution in [1.82, 2.24) is 30.4 Å². The van der Waals surface area contributed by atoms with E-state index in [2.05, 4.69) is 32.5 Å². The number of likely N-dealkylation sites (N-methyl/N-ethyl adjacent to an activating group) is 1. The van der Waals surface area contributed by atoms with Gasteiger partial charge >= 0.3 is 0 Å². The van der Waals surface area contributed by atoms with E-state index in [1.807, 2.05) is 27.0 Å². The minimum atomic E-state index is -0.410. The fourth-order valence-corrected chi connectivity index (χ4v) is 6.66. The number of nitrogens with one attached hydrogen (secondary N) is 3. The summed E-state index contributed by atoms with van der Waals surface area (Å²) < 4.78 is 0. The topological polar surface area (TPSA) is 110 Å². The summed E-state index contributed by atoms with van der Waals surface area (Å²) in [5.74, 6) is -0.686. The average molecular weight is 608 g/mol. The molecule has 2 aliphatic rings. The molecule has 40 heavy (non-hydrogen) atoms. The van der Waals surface area contributed by atoms with E-state index in [9.17, 15) is 14.4 Å². The number of halogens is 2. The largest absolute Gasteiger partial charge is 0.351 e. The zero-order chi connectivity index (χ0) is 27.8. The van der Waals surface area contributed by atoms with Crippen LogP contribution in [0.5, 0.6) is 0 Å². The molecule has 0 bridgehead atoms. The van der Waals surface area contributed by atoms with Gasteiger partial charge in [0.15, 0.2) is 5.01 Å². The molecule has 0 radical (unpaired) electrons. The predicted molar refractivity (Wildman–Crippen MR) is 160 cm³/mol. The third-order valence-electron chi connectivity index (χ3n) is 7.90. The van der Waals surface area contributed by atoms with E-state index in [1.165, 1.54) is 11.3 Å². The van der Waals surface area contributed by atoms with Gasteiger partial charge in [0.1, 0.15) is 5.69 Å². The molecule has 0 saturated heterocycles. The molecule has 216 valence electrons. The summed E-state index contributed by atoms with van der Waals surface area (Å²) in [5, 5.41) is 8.13. The number of aromatic amines is 1. The van der Waals surface area contributed by atoms with Gasteiger partial charge < -0.3 is 25.4 Å². The van der Waals surface area contributed by atoms with Crippen molar-refractivity contribution in [1.29, 1.82) is 0 Å². The van der Waals surface area contributed by atoms with Crippen LogP contribution in [0.25, 0.3) is 10.9 Å². The molecule has 3 aromatic rings. The number of carbonyl (C=O) groups excluding carboxylic acids is 3. The van der Waals surface area contributed by atoms with Gasteiger partial charge in [-0.05, 0) is 64.4 Å². The van der Waals surface area contributed by atoms with Crippen LogP contribution in [0.1, 0.15) is 64.0 Å². The van der Waals surface area contributed by atoms with Gasteiger partial charge in [-0.2, -0.15) is 0 Å². The molecule has 3 N–H and O–H groups in total. The maximum Gasteiger partial charge on any atom is 0.280 e. The Morgan fingerprint density at radius 3 is 2.65 bits per heavy atom. The van der Waals surface area contributed by atoms with Crippen molar-refractivity contribution in [2.45, 2.75) is 64.2 Å². The van der Waals surface area contributed by atoms with Gasteiger partial charge in [-0.1, -0.05) is 11.6 Å². The quantitative estimate of drug-likeness (QED) is 0.388. The molecule has 3 atom stereocenters. The summed E-state index contributed by atoms with van der Waals surface area (Å²) in [5.41, 5.74) is 2.23. The molecule has 5 rings (SSSR count). The Morgan fingerprint density at radius 1 is 1.15 bits per heavy atom. The second-order valence-corrected chi connectivity index (χ2v) is 12.5. The lowest BCUT2D eigenvalue weighted by Crippen LogP contribution is -2.56. The van der Waals surface area contributed by atoms with E-state index in [-0.39, 0.29) is 48.1 Å². The molecule has 1 fully saturated rings. The first-order valence-electron chi connectivity index (χ1n) is 13.4. The van der Waals surface area contributed by atoms with Gasteiger partial charge in [0.2, 0.25) is 5.91 Å². The maximum absolute atomic E-state index is 13.4. The van der Waals surface area contributed by atoms with E-state index in [0.29, 0.717) is 35.0 Å². The fraction of sp³-hybridized carbons (Fsp3) is 0.500. The average Bonchev–Trinajstić information content (AvgIpc) is 3.52. The monoisotopic (exact) mass is 606 g/mol. The highest BCUT2D eigenvalue weighted by Gasteiger charge is 2.38. The molecule has 0 unspecified atom stereocenters. The summed E-state index contributed by atoms with van der Waals surface area (Å²) >= 11 is 7.53. The van der Waals surface area contributed by atoms with Crippen molar-refractivity contribution in [3.8, 4) is 0 Å². The van der Waals surface area contributed by atoms with Gasteiger partial charge in [0.05, 0.1) is 11.7 Å². The van der Waals surface area contributed by atoms with Crippen LogP contribution in [0, 0.1) is 5.92 Å². The molecule has 3 amide bonds. The normalized spacial score (nSPS) is 21.0. The molecule has 1 saturated carbocycles. The molecular weight excluding hydrogens is 571 g/mol. The summed E-state index contributed by atoms with van der Waals surface area (Å²) in [6, 6.07) is 6.53. The van der Waals surface area contributed by atoms with Gasteiger partial charge in [-0.15, -0.1) is 23.7 Å². The van der Waals surface area contributed by atoms with E-state index in [0.717, 1.165) is 41.0 Å². The lowest BCUT2D eigenvalue weighted by molar-refractivity contribution is -0.137. The van der Waals surface area contributed by atoms with Crippen LogP contribution in [0.15, 0.2) is 24.3 Å². The number of amides is 3. The van der Waals surface area contributed by atoms with Crippen LogP contribution in [0.3, 0.4) is 0 Å². The number of aromatic nitrogens is 2. The summed E-state index contributed by atoms with van der Waals surface area (Å²) in [6.07, 6.45) is 2.48. The highest BCUT2D eigenvalue weighted by molar-refractivity contribution is 7.13. The van der Waals surface area contributed by atoms with Crippen molar-refractivity contribution >= 4 is 64.0 Å². The third-order valence-corrected chi connectivity index (χ3v) is 9.21. The maximum atomic E-state index is 13.4. The molecule has 3 heterocycles. The van der Waals surface area contributed by atoms with E-state index < -0.39 is 6.04 Å². The Hall–Kier alpha value is -2.66. The zero-order valence-electron chi connectivity index (χ0n) is 23.1. The second kappa shape index (κ2) is 12.5. The molecule has 12 heteroatoms. The van der Waals surface area contributed by atoms with E-state index >= 15 is 0 Å². The summed E-state index contributed by atoms with van der Waals surface area (Å²) in [7, 11) is 3.87. The standard InChI is InChI=1S/C28H35ClN6O3S.ClH/c1-15(2)35(4)28(38)16-5-7-20(31-25(36)23-13-17-11-18(29)6-8-19(17)30-23)22(12-16)32-26(37)27-33-21-9-10-34(3)14-24(21)39-27;/h6,8,11,13,15-16,20,22,30H,5,7,9-10,12,14H2,1-4H3,(H,31,36)(H,32,37);1H/t16-,20-,22+;/m0./s1. The van der Waals surface area contributed by atoms with E-state index in [4.69, 9.17) is 11.6 Å². The fourth-order valence-electron chi connectivity index (χ4n) is 5.39. The lowest BCUT2D eigenvalue weighted by atomic mass is 9.81. The molecule has 2 aromatic heterocycles. The highest BCUT2D eigenvalue weighted by Crippen LogP contribution is 2.29. The first-order valence-corrected chi connectivity index (χ1v) is 14.6. The van der Waals surface area contributed by atoms with Crippen LogP contribution in [-0.2, 0) is 17.8 Å². The number of hydrogen-bond donors (Lipinski definition) is 3. The first-order chi connectivity index (χ1) is 18.6. The smallest absolute Gasteiger partial charge is 0.280 e. The van der Waals surface area contributed by atoms with E-state index in [1.54, 1.807) is 23.1 Å². The van der Waals surface area contributed by atoms with Crippen LogP contribution in [-0.4, -0.2) is 76.3 Å². The minimum Gasteiger partial charge on any atom is -0.351 e. The van der Waals surface area contributed by atoms with Crippen molar-refractivity contribution in [2.24, 2.45) is 5.92 Å². The molecule has 1 aromatic carbocycles. The van der Waals surface area contributed by atoms with Crippen molar-refractivity contribution in [3.63, 3.8) is 0 Å². The van der Waals surface area contributed by atoms with Crippen LogP contribution >= 0.6 is 35.3 Å². The highest BCUT2D eigenvalue weighted by atomic mass is 35.5. The lowest BCUT2D eigenvalue weighted by Gasteiger charge is -2.38. The first kappa shape index (κ1) is 30.3. The van der Waals surface area contributed by atoms with Gasteiger partial charge in [-0.25, -0.2) is 4.98 Å². The minimum absolute atomic E-state index is 0. The number of carbonyl (C=O) groups is 3. The molecule has 9 nitrogen and oxygen atoms in total. The van der Waals surface area contributed by atoms with Crippen LogP contribution < -0.4 is 10.6 Å². The van der Waals surface area contributed by atoms with Gasteiger partial charge in [0, 0.05) is 65.4 Å². The number of H-pyrrole nitrogens is 1. The van der Waals surface area contributed by atoms with Gasteiger partial charge in [0.25, 0.3) is 11.8 Å². The van der Waals surface area contributed by atoms with Crippen molar-refractivity contribution < 1.29 is 14.4 Å². The Labute approximate surface area is 249 Å². The molecule has 0 spiro atoms. The third kappa shape index (κ3) is 6.46. The molecular formula is C28H36Cl2N6O3S. The predicted octanol–water partition coefficient (Wildman–Crippen LogP) is 4.25. The van der Waals surface area contributed by atoms with Crippen molar-refractivity contribution in [3.05, 3.63) is 50.6 Å². The number of rotatable bonds is 6. The zero-order valence-corrected chi connectivity index (χ0v) is 25.5. The van der Waals surface area contributed by atoms with Gasteiger partial charge in [-0.3, -0.25) is 14.4 Å². The van der Waals surface area contributed by atoms with Crippen LogP contribution in [0.4, 0.5) is 0 Å². The Bertz CT molecular complexity index is 1410. The second-order valence-electron chi connectivity index (χ2n) is 11.0. The van der Waals surface area contributed by atoms with Crippen molar-refractivity contribution in [2.75, 3.05) is 20.6 Å². The number of nitrogens with zero attached hydrogens (tertiary/aromatic N) is 3. The number of benzene rings is 1. The Morgan fingerprint density at radius 2 is 1.90 bits per heavy atom. The molecule has 1 aliphatic carbocycles. The number of hydrogen-bond acceptors (Lipinski definition) is 6. The summed E-state index contributed by atoms with van der Waals surface area (Å²) in [4.78, 5) is 52.7. The number of fused-ring (bicyclic) bond motifs is 2.